The Hall–Kier alpha value is -3.19. The summed E-state index contributed by atoms with van der Waals surface area (Å²) in [6.45, 7) is 1.90. The Morgan fingerprint density at radius 3 is 2.40 bits per heavy atom. The molecule has 30 heavy (non-hydrogen) atoms. The highest BCUT2D eigenvalue weighted by atomic mass is 16.2. The van der Waals surface area contributed by atoms with E-state index in [0.29, 0.717) is 6.54 Å². The van der Waals surface area contributed by atoms with Gasteiger partial charge in [-0.1, -0.05) is 42.5 Å². The van der Waals surface area contributed by atoms with E-state index in [2.05, 4.69) is 4.98 Å². The third kappa shape index (κ3) is 3.25. The van der Waals surface area contributed by atoms with Crippen LogP contribution in [0.1, 0.15) is 30.9 Å². The van der Waals surface area contributed by atoms with Crippen LogP contribution in [-0.2, 0) is 16.1 Å². The Morgan fingerprint density at radius 1 is 0.933 bits per heavy atom. The van der Waals surface area contributed by atoms with Crippen LogP contribution < -0.4 is 10.6 Å². The van der Waals surface area contributed by atoms with Gasteiger partial charge in [-0.25, -0.2) is 4.79 Å². The maximum absolute atomic E-state index is 13.0. The lowest BCUT2D eigenvalue weighted by atomic mass is 10.0. The van der Waals surface area contributed by atoms with Gasteiger partial charge in [0.25, 0.3) is 5.91 Å². The van der Waals surface area contributed by atoms with Crippen molar-refractivity contribution < 1.29 is 14.5 Å². The molecule has 2 saturated heterocycles. The molecule has 5 rings (SSSR count). The summed E-state index contributed by atoms with van der Waals surface area (Å²) < 4.78 is 1.86. The number of imidazole rings is 1. The number of hydrogen-bond acceptors (Lipinski definition) is 3. The van der Waals surface area contributed by atoms with Crippen molar-refractivity contribution in [2.75, 3.05) is 13.1 Å². The van der Waals surface area contributed by atoms with E-state index in [0.717, 1.165) is 47.4 Å². The van der Waals surface area contributed by atoms with Gasteiger partial charge in [0.1, 0.15) is 0 Å². The molecule has 0 radical (unpaired) electrons. The van der Waals surface area contributed by atoms with Gasteiger partial charge in [0.05, 0.1) is 37.1 Å². The smallest absolute Gasteiger partial charge is 0.324 e. The van der Waals surface area contributed by atoms with Crippen LogP contribution in [0.3, 0.4) is 0 Å². The van der Waals surface area contributed by atoms with Crippen molar-refractivity contribution in [3.63, 3.8) is 0 Å². The minimum Gasteiger partial charge on any atom is -0.324 e. The minimum atomic E-state index is -0.304. The van der Waals surface area contributed by atoms with Gasteiger partial charge in [0.2, 0.25) is 5.91 Å². The van der Waals surface area contributed by atoms with Crippen LogP contribution >= 0.6 is 0 Å². The standard InChI is InChI=1S/C23H24N4O3/c28-21-14-20(22(29)26(21)15-16-6-2-1-3-7-16)25-12-10-17(11-13-25)27-19-9-5-4-8-18(19)24-23(27)30/h1-9,17,20H,10-15H2,(H,24,30)/p+1/t20-/m0/s1. The zero-order valence-electron chi connectivity index (χ0n) is 16.7. The summed E-state index contributed by atoms with van der Waals surface area (Å²) in [5.74, 6) is -0.155. The predicted octanol–water partition coefficient (Wildman–Crippen LogP) is 0.877. The molecule has 0 unspecified atom stereocenters. The summed E-state index contributed by atoms with van der Waals surface area (Å²) in [5, 5.41) is 0. The molecule has 2 aliphatic rings. The van der Waals surface area contributed by atoms with Gasteiger partial charge in [-0.15, -0.1) is 0 Å². The zero-order chi connectivity index (χ0) is 20.7. The molecule has 154 valence electrons. The number of benzene rings is 2. The molecular formula is C23H25N4O3+. The number of hydrogen-bond donors (Lipinski definition) is 2. The lowest BCUT2D eigenvalue weighted by Gasteiger charge is -2.32. The van der Waals surface area contributed by atoms with Gasteiger partial charge >= 0.3 is 5.69 Å². The highest BCUT2D eigenvalue weighted by Crippen LogP contribution is 2.22. The second kappa shape index (κ2) is 7.57. The molecule has 7 nitrogen and oxygen atoms in total. The van der Waals surface area contributed by atoms with Gasteiger partial charge < -0.3 is 9.88 Å². The average molecular weight is 405 g/mol. The number of imide groups is 1. The van der Waals surface area contributed by atoms with Gasteiger partial charge in [-0.2, -0.15) is 0 Å². The van der Waals surface area contributed by atoms with Crippen molar-refractivity contribution >= 4 is 22.8 Å². The average Bonchev–Trinajstić information content (AvgIpc) is 3.25. The molecular weight excluding hydrogens is 380 g/mol. The fourth-order valence-electron chi connectivity index (χ4n) is 4.95. The number of aromatic nitrogens is 2. The Balaban J connectivity index is 1.28. The van der Waals surface area contributed by atoms with Crippen LogP contribution in [-0.4, -0.2) is 45.4 Å². The molecule has 2 aliphatic heterocycles. The summed E-state index contributed by atoms with van der Waals surface area (Å²) in [6, 6.07) is 17.2. The Morgan fingerprint density at radius 2 is 1.63 bits per heavy atom. The molecule has 2 aromatic carbocycles. The normalized spacial score (nSPS) is 24.7. The van der Waals surface area contributed by atoms with Crippen molar-refractivity contribution in [2.45, 2.75) is 37.9 Å². The largest absolute Gasteiger partial charge is 0.326 e. The zero-order valence-corrected chi connectivity index (χ0v) is 16.7. The van der Waals surface area contributed by atoms with E-state index in [1.165, 1.54) is 4.90 Å². The Kier molecular flexibility index (Phi) is 4.75. The number of amides is 2. The second-order valence-corrected chi connectivity index (χ2v) is 8.27. The monoisotopic (exact) mass is 405 g/mol. The first-order chi connectivity index (χ1) is 14.6. The second-order valence-electron chi connectivity index (χ2n) is 8.27. The fourth-order valence-corrected chi connectivity index (χ4v) is 4.95. The summed E-state index contributed by atoms with van der Waals surface area (Å²) >= 11 is 0. The third-order valence-corrected chi connectivity index (χ3v) is 6.51. The van der Waals surface area contributed by atoms with Crippen LogP contribution in [0.4, 0.5) is 0 Å². The van der Waals surface area contributed by atoms with Crippen molar-refractivity contribution in [1.82, 2.24) is 14.5 Å². The van der Waals surface area contributed by atoms with E-state index in [1.54, 1.807) is 0 Å². The number of piperidine rings is 1. The van der Waals surface area contributed by atoms with Crippen molar-refractivity contribution in [3.05, 3.63) is 70.6 Å². The van der Waals surface area contributed by atoms with Crippen LogP contribution in [0, 0.1) is 0 Å². The topological polar surface area (TPSA) is 79.6 Å². The van der Waals surface area contributed by atoms with Gasteiger partial charge in [-0.05, 0) is 17.7 Å². The number of nitrogens with one attached hydrogen (secondary N) is 2. The minimum absolute atomic E-state index is 0.0680. The first-order valence-electron chi connectivity index (χ1n) is 10.5. The predicted molar refractivity (Wildman–Crippen MR) is 112 cm³/mol. The fraction of sp³-hybridized carbons (Fsp3) is 0.348. The Labute approximate surface area is 173 Å². The van der Waals surface area contributed by atoms with Gasteiger partial charge in [-0.3, -0.25) is 19.1 Å². The van der Waals surface area contributed by atoms with E-state index < -0.39 is 0 Å². The van der Waals surface area contributed by atoms with Crippen LogP contribution in [0.15, 0.2) is 59.4 Å². The summed E-state index contributed by atoms with van der Waals surface area (Å²) in [6.07, 6.45) is 1.90. The molecule has 7 heteroatoms. The highest BCUT2D eigenvalue weighted by molar-refractivity contribution is 6.04. The molecule has 2 fully saturated rings. The maximum Gasteiger partial charge on any atom is 0.326 e. The molecule has 3 aromatic rings. The molecule has 2 amide bonds. The number of H-pyrrole nitrogens is 1. The van der Waals surface area contributed by atoms with Crippen molar-refractivity contribution in [1.29, 1.82) is 0 Å². The number of carbonyl (C=O) groups is 2. The van der Waals surface area contributed by atoms with Crippen molar-refractivity contribution in [3.8, 4) is 0 Å². The highest BCUT2D eigenvalue weighted by Gasteiger charge is 2.46. The molecule has 3 heterocycles. The first-order valence-corrected chi connectivity index (χ1v) is 10.5. The third-order valence-electron chi connectivity index (χ3n) is 6.51. The number of para-hydroxylation sites is 2. The number of aromatic amines is 1. The van der Waals surface area contributed by atoms with Crippen LogP contribution in [0.5, 0.6) is 0 Å². The number of fused-ring (bicyclic) bond motifs is 1. The molecule has 2 N–H and O–H groups in total. The number of quaternary nitrogens is 1. The summed E-state index contributed by atoms with van der Waals surface area (Å²) in [5.41, 5.74) is 2.67. The molecule has 0 spiro atoms. The Bertz CT molecular complexity index is 1140. The molecule has 1 atom stereocenters. The van der Waals surface area contributed by atoms with Gasteiger partial charge in [0.15, 0.2) is 6.04 Å². The summed E-state index contributed by atoms with van der Waals surface area (Å²) in [7, 11) is 0. The summed E-state index contributed by atoms with van der Waals surface area (Å²) in [4.78, 5) is 43.5. The van der Waals surface area contributed by atoms with E-state index in [4.69, 9.17) is 0 Å². The van der Waals surface area contributed by atoms with Crippen LogP contribution in [0.2, 0.25) is 0 Å². The van der Waals surface area contributed by atoms with E-state index in [-0.39, 0.29) is 36.0 Å². The molecule has 1 aromatic heterocycles. The lowest BCUT2D eigenvalue weighted by Crippen LogP contribution is -3.17. The number of likely N-dealkylation sites (tertiary alicyclic amines) is 2. The molecule has 0 bridgehead atoms. The quantitative estimate of drug-likeness (QED) is 0.633. The number of carbonyl (C=O) groups excluding carboxylic acids is 2. The van der Waals surface area contributed by atoms with Crippen molar-refractivity contribution in [2.24, 2.45) is 0 Å². The van der Waals surface area contributed by atoms with E-state index in [9.17, 15) is 14.4 Å². The SMILES string of the molecule is O=C1C[C@H]([NH+]2CCC(n3c(=O)[nH]c4ccccc43)CC2)C(=O)N1Cc1ccccc1. The van der Waals surface area contributed by atoms with Crippen LogP contribution in [0.25, 0.3) is 11.0 Å². The van der Waals surface area contributed by atoms with E-state index >= 15 is 0 Å². The van der Waals surface area contributed by atoms with E-state index in [1.807, 2.05) is 59.2 Å². The number of nitrogens with zero attached hydrogens (tertiary/aromatic N) is 2. The first kappa shape index (κ1) is 18.8. The lowest BCUT2D eigenvalue weighted by molar-refractivity contribution is -0.920. The maximum atomic E-state index is 13.0. The molecule has 0 saturated carbocycles. The van der Waals surface area contributed by atoms with Gasteiger partial charge in [0, 0.05) is 18.9 Å². The number of rotatable bonds is 4. The molecule has 0 aliphatic carbocycles.